The number of rotatable bonds is 2. The SMILES string of the molecule is COc1cc(-c2nc3c4c5c(sc4ncn3n2)CCC5)ccc1O. The normalized spacial score (nSPS) is 13.7. The van der Waals surface area contributed by atoms with Gasteiger partial charge in [0.2, 0.25) is 0 Å². The van der Waals surface area contributed by atoms with E-state index in [4.69, 9.17) is 9.72 Å². The van der Waals surface area contributed by atoms with Crippen LogP contribution < -0.4 is 4.74 Å². The van der Waals surface area contributed by atoms with Crippen molar-refractivity contribution in [3.63, 3.8) is 0 Å². The summed E-state index contributed by atoms with van der Waals surface area (Å²) in [5, 5.41) is 15.5. The van der Waals surface area contributed by atoms with Crippen LogP contribution in [0.3, 0.4) is 0 Å². The maximum atomic E-state index is 9.76. The van der Waals surface area contributed by atoms with Gasteiger partial charge in [-0.05, 0) is 43.0 Å². The fraction of sp³-hybridized carbons (Fsp3) is 0.235. The van der Waals surface area contributed by atoms with Crippen molar-refractivity contribution in [3.05, 3.63) is 35.0 Å². The lowest BCUT2D eigenvalue weighted by molar-refractivity contribution is 0.373. The first-order chi connectivity index (χ1) is 11.7. The zero-order chi connectivity index (χ0) is 16.3. The van der Waals surface area contributed by atoms with Crippen LogP contribution >= 0.6 is 11.3 Å². The van der Waals surface area contributed by atoms with Gasteiger partial charge in [-0.25, -0.2) is 14.5 Å². The predicted octanol–water partition coefficient (Wildman–Crippen LogP) is 3.21. The maximum Gasteiger partial charge on any atom is 0.182 e. The summed E-state index contributed by atoms with van der Waals surface area (Å²) in [4.78, 5) is 11.8. The Hall–Kier alpha value is -2.67. The summed E-state index contributed by atoms with van der Waals surface area (Å²) in [5.41, 5.74) is 3.03. The van der Waals surface area contributed by atoms with Gasteiger partial charge in [-0.15, -0.1) is 16.4 Å². The molecule has 4 aromatic rings. The molecule has 24 heavy (non-hydrogen) atoms. The highest BCUT2D eigenvalue weighted by atomic mass is 32.1. The number of ether oxygens (including phenoxy) is 1. The quantitative estimate of drug-likeness (QED) is 0.607. The van der Waals surface area contributed by atoms with Crippen molar-refractivity contribution in [2.45, 2.75) is 19.3 Å². The number of thiophene rings is 1. The van der Waals surface area contributed by atoms with Crippen molar-refractivity contribution >= 4 is 27.2 Å². The largest absolute Gasteiger partial charge is 0.504 e. The molecule has 5 rings (SSSR count). The summed E-state index contributed by atoms with van der Waals surface area (Å²) in [7, 11) is 1.53. The number of hydrogen-bond donors (Lipinski definition) is 1. The van der Waals surface area contributed by atoms with Crippen molar-refractivity contribution in [3.8, 4) is 22.9 Å². The van der Waals surface area contributed by atoms with E-state index in [2.05, 4.69) is 10.1 Å². The Labute approximate surface area is 141 Å². The molecule has 3 aromatic heterocycles. The van der Waals surface area contributed by atoms with Crippen molar-refractivity contribution in [2.24, 2.45) is 0 Å². The molecule has 0 fully saturated rings. The third-order valence-corrected chi connectivity index (χ3v) is 5.68. The molecular formula is C17H14N4O2S. The lowest BCUT2D eigenvalue weighted by Gasteiger charge is -2.03. The van der Waals surface area contributed by atoms with E-state index in [1.165, 1.54) is 24.0 Å². The molecule has 120 valence electrons. The Kier molecular flexibility index (Phi) is 2.81. The molecule has 1 aliphatic carbocycles. The monoisotopic (exact) mass is 338 g/mol. The predicted molar refractivity (Wildman–Crippen MR) is 91.8 cm³/mol. The van der Waals surface area contributed by atoms with Gasteiger partial charge in [-0.1, -0.05) is 0 Å². The minimum atomic E-state index is 0.102. The Balaban J connectivity index is 1.75. The molecule has 0 amide bonds. The minimum Gasteiger partial charge on any atom is -0.504 e. The molecule has 1 aromatic carbocycles. The number of phenols is 1. The lowest BCUT2D eigenvalue weighted by atomic mass is 10.2. The van der Waals surface area contributed by atoms with Gasteiger partial charge < -0.3 is 9.84 Å². The van der Waals surface area contributed by atoms with Crippen molar-refractivity contribution in [2.75, 3.05) is 7.11 Å². The molecule has 0 saturated heterocycles. The topological polar surface area (TPSA) is 72.5 Å². The second-order valence-corrected chi connectivity index (χ2v) is 6.96. The number of phenolic OH excluding ortho intramolecular Hbond substituents is 1. The first-order valence-corrected chi connectivity index (χ1v) is 8.59. The Morgan fingerprint density at radius 1 is 1.29 bits per heavy atom. The molecule has 0 bridgehead atoms. The molecule has 0 aliphatic heterocycles. The average Bonchev–Trinajstić information content (AvgIpc) is 3.27. The second-order valence-electron chi connectivity index (χ2n) is 5.87. The van der Waals surface area contributed by atoms with E-state index in [-0.39, 0.29) is 5.75 Å². The number of aromatic nitrogens is 4. The maximum absolute atomic E-state index is 9.76. The van der Waals surface area contributed by atoms with Crippen molar-refractivity contribution < 1.29 is 9.84 Å². The number of hydrogen-bond acceptors (Lipinski definition) is 6. The van der Waals surface area contributed by atoms with E-state index < -0.39 is 0 Å². The van der Waals surface area contributed by atoms with Crippen LogP contribution in [0, 0.1) is 0 Å². The smallest absolute Gasteiger partial charge is 0.182 e. The lowest BCUT2D eigenvalue weighted by Crippen LogP contribution is -1.91. The van der Waals surface area contributed by atoms with Gasteiger partial charge in [0.25, 0.3) is 0 Å². The number of aryl methyl sites for hydroxylation is 2. The molecule has 6 nitrogen and oxygen atoms in total. The van der Waals surface area contributed by atoms with Gasteiger partial charge in [-0.3, -0.25) is 0 Å². The highest BCUT2D eigenvalue weighted by Gasteiger charge is 2.22. The van der Waals surface area contributed by atoms with E-state index in [1.807, 2.05) is 0 Å². The van der Waals surface area contributed by atoms with Crippen LogP contribution in [0.2, 0.25) is 0 Å². The van der Waals surface area contributed by atoms with Crippen LogP contribution in [0.4, 0.5) is 0 Å². The van der Waals surface area contributed by atoms with Crippen molar-refractivity contribution in [1.29, 1.82) is 0 Å². The van der Waals surface area contributed by atoms with E-state index in [1.54, 1.807) is 40.4 Å². The zero-order valence-corrected chi connectivity index (χ0v) is 13.8. The van der Waals surface area contributed by atoms with Crippen LogP contribution in [0.1, 0.15) is 16.9 Å². The van der Waals surface area contributed by atoms with E-state index in [9.17, 15) is 5.11 Å². The van der Waals surface area contributed by atoms with Gasteiger partial charge in [0, 0.05) is 10.4 Å². The van der Waals surface area contributed by atoms with Crippen LogP contribution in [0.5, 0.6) is 11.5 Å². The van der Waals surface area contributed by atoms with Crippen LogP contribution in [-0.2, 0) is 12.8 Å². The molecule has 0 atom stereocenters. The number of methoxy groups -OCH3 is 1. The molecule has 0 unspecified atom stereocenters. The van der Waals surface area contributed by atoms with Gasteiger partial charge in [-0.2, -0.15) is 0 Å². The third kappa shape index (κ3) is 1.85. The van der Waals surface area contributed by atoms with E-state index in [0.717, 1.165) is 34.3 Å². The van der Waals surface area contributed by atoms with E-state index in [0.29, 0.717) is 11.6 Å². The first-order valence-electron chi connectivity index (χ1n) is 7.77. The van der Waals surface area contributed by atoms with Crippen LogP contribution in [-0.4, -0.2) is 31.8 Å². The molecule has 0 spiro atoms. The Bertz CT molecular complexity index is 1100. The Morgan fingerprint density at radius 2 is 2.21 bits per heavy atom. The minimum absolute atomic E-state index is 0.102. The molecule has 0 saturated carbocycles. The Morgan fingerprint density at radius 3 is 3.08 bits per heavy atom. The number of nitrogens with zero attached hydrogens (tertiary/aromatic N) is 4. The molecule has 1 aliphatic rings. The third-order valence-electron chi connectivity index (χ3n) is 4.48. The summed E-state index contributed by atoms with van der Waals surface area (Å²) >= 11 is 1.77. The molecule has 0 radical (unpaired) electrons. The highest BCUT2D eigenvalue weighted by Crippen LogP contribution is 2.38. The van der Waals surface area contributed by atoms with Gasteiger partial charge >= 0.3 is 0 Å². The fourth-order valence-electron chi connectivity index (χ4n) is 3.33. The van der Waals surface area contributed by atoms with Gasteiger partial charge in [0.05, 0.1) is 12.5 Å². The second kappa shape index (κ2) is 4.91. The summed E-state index contributed by atoms with van der Waals surface area (Å²) in [6.45, 7) is 0. The molecule has 7 heteroatoms. The highest BCUT2D eigenvalue weighted by molar-refractivity contribution is 7.19. The average molecular weight is 338 g/mol. The first kappa shape index (κ1) is 13.7. The zero-order valence-electron chi connectivity index (χ0n) is 13.0. The molecule has 3 heterocycles. The van der Waals surface area contributed by atoms with Crippen LogP contribution in [0.15, 0.2) is 24.5 Å². The van der Waals surface area contributed by atoms with E-state index >= 15 is 0 Å². The van der Waals surface area contributed by atoms with Crippen molar-refractivity contribution in [1.82, 2.24) is 19.6 Å². The number of benzene rings is 1. The summed E-state index contributed by atoms with van der Waals surface area (Å²) < 4.78 is 6.91. The summed E-state index contributed by atoms with van der Waals surface area (Å²) in [6.07, 6.45) is 5.15. The number of fused-ring (bicyclic) bond motifs is 5. The van der Waals surface area contributed by atoms with Crippen LogP contribution in [0.25, 0.3) is 27.3 Å². The summed E-state index contributed by atoms with van der Waals surface area (Å²) in [6, 6.07) is 5.12. The molecular weight excluding hydrogens is 324 g/mol. The number of aromatic hydroxyl groups is 1. The molecule has 1 N–H and O–H groups in total. The van der Waals surface area contributed by atoms with Gasteiger partial charge in [0.15, 0.2) is 23.0 Å². The standard InChI is InChI=1S/C17H14N4O2S/c1-23-12-7-9(5-6-11(12)22)15-19-16-14-10-3-2-4-13(10)24-17(14)18-8-21(16)20-15/h5-8,22H,2-4H2,1H3. The summed E-state index contributed by atoms with van der Waals surface area (Å²) in [5.74, 6) is 1.11. The van der Waals surface area contributed by atoms with Gasteiger partial charge in [0.1, 0.15) is 11.2 Å². The fourth-order valence-corrected chi connectivity index (χ4v) is 4.56.